The lowest BCUT2D eigenvalue weighted by Gasteiger charge is -2.40. The Hall–Kier alpha value is -1.06. The van der Waals surface area contributed by atoms with E-state index in [-0.39, 0.29) is 11.8 Å². The van der Waals surface area contributed by atoms with Crippen LogP contribution >= 0.6 is 0 Å². The summed E-state index contributed by atoms with van der Waals surface area (Å²) < 4.78 is 0. The Morgan fingerprint density at radius 2 is 1.87 bits per heavy atom. The molecule has 1 saturated carbocycles. The molecule has 0 radical (unpaired) electrons. The molecule has 2 aliphatic rings. The molecule has 2 fully saturated rings. The zero-order chi connectivity index (χ0) is 17.0. The van der Waals surface area contributed by atoms with E-state index in [0.717, 1.165) is 25.8 Å². The first-order valence-electron chi connectivity index (χ1n) is 9.54. The van der Waals surface area contributed by atoms with Gasteiger partial charge in [0.2, 0.25) is 11.8 Å². The third-order valence-corrected chi connectivity index (χ3v) is 5.81. The summed E-state index contributed by atoms with van der Waals surface area (Å²) in [6.07, 6.45) is 7.64. The van der Waals surface area contributed by atoms with Gasteiger partial charge in [-0.05, 0) is 43.9 Å². The maximum Gasteiger partial charge on any atom is 0.246 e. The molecule has 1 atom stereocenters. The second kappa shape index (κ2) is 7.67. The van der Waals surface area contributed by atoms with Gasteiger partial charge in [0.1, 0.15) is 5.54 Å². The summed E-state index contributed by atoms with van der Waals surface area (Å²) in [5.41, 5.74) is -0.647. The van der Waals surface area contributed by atoms with E-state index >= 15 is 0 Å². The van der Waals surface area contributed by atoms with Gasteiger partial charge in [0.15, 0.2) is 0 Å². The van der Waals surface area contributed by atoms with Gasteiger partial charge in [-0.3, -0.25) is 9.59 Å². The van der Waals surface area contributed by atoms with Gasteiger partial charge >= 0.3 is 0 Å². The van der Waals surface area contributed by atoms with E-state index in [1.807, 2.05) is 18.7 Å². The van der Waals surface area contributed by atoms with Crippen LogP contribution in [0.3, 0.4) is 0 Å². The minimum atomic E-state index is -0.647. The number of rotatable bonds is 7. The van der Waals surface area contributed by atoms with Gasteiger partial charge in [0, 0.05) is 19.0 Å². The summed E-state index contributed by atoms with van der Waals surface area (Å²) in [6.45, 7) is 9.23. The largest absolute Gasteiger partial charge is 0.351 e. The molecule has 0 aromatic heterocycles. The molecule has 1 aliphatic heterocycles. The van der Waals surface area contributed by atoms with Crippen LogP contribution in [0.25, 0.3) is 0 Å². The number of hydrogen-bond acceptors (Lipinski definition) is 2. The van der Waals surface area contributed by atoms with Crippen LogP contribution in [-0.4, -0.2) is 34.8 Å². The molecule has 1 aliphatic carbocycles. The number of amides is 2. The van der Waals surface area contributed by atoms with Crippen molar-refractivity contribution in [1.82, 2.24) is 10.2 Å². The molecule has 1 heterocycles. The topological polar surface area (TPSA) is 49.4 Å². The molecular formula is C19H34N2O2. The van der Waals surface area contributed by atoms with Gasteiger partial charge in [0.25, 0.3) is 0 Å². The van der Waals surface area contributed by atoms with Crippen molar-refractivity contribution >= 4 is 11.8 Å². The highest BCUT2D eigenvalue weighted by Gasteiger charge is 2.47. The summed E-state index contributed by atoms with van der Waals surface area (Å²) in [5.74, 6) is 1.24. The van der Waals surface area contributed by atoms with Gasteiger partial charge < -0.3 is 10.2 Å². The van der Waals surface area contributed by atoms with Crippen LogP contribution in [0.4, 0.5) is 0 Å². The molecular weight excluding hydrogens is 288 g/mol. The maximum atomic E-state index is 13.0. The van der Waals surface area contributed by atoms with Crippen LogP contribution in [0.5, 0.6) is 0 Å². The smallest absolute Gasteiger partial charge is 0.246 e. The quantitative estimate of drug-likeness (QED) is 0.780. The Bertz CT molecular complexity index is 423. The number of nitrogens with one attached hydrogen (secondary N) is 1. The summed E-state index contributed by atoms with van der Waals surface area (Å²) in [7, 11) is 0. The molecule has 1 unspecified atom stereocenters. The van der Waals surface area contributed by atoms with E-state index in [4.69, 9.17) is 0 Å². The summed E-state index contributed by atoms with van der Waals surface area (Å²) >= 11 is 0. The molecule has 0 bridgehead atoms. The predicted octanol–water partition coefficient (Wildman–Crippen LogP) is 3.50. The monoisotopic (exact) mass is 322 g/mol. The van der Waals surface area contributed by atoms with Gasteiger partial charge in [-0.25, -0.2) is 0 Å². The van der Waals surface area contributed by atoms with Crippen LogP contribution in [0.15, 0.2) is 0 Å². The maximum absolute atomic E-state index is 13.0. The average molecular weight is 322 g/mol. The van der Waals surface area contributed by atoms with Crippen molar-refractivity contribution in [2.24, 2.45) is 11.8 Å². The van der Waals surface area contributed by atoms with Gasteiger partial charge in [0.05, 0.1) is 0 Å². The Morgan fingerprint density at radius 1 is 1.26 bits per heavy atom. The van der Waals surface area contributed by atoms with Crippen LogP contribution in [0, 0.1) is 11.8 Å². The minimum Gasteiger partial charge on any atom is -0.351 e. The normalized spacial score (nSPS) is 23.1. The van der Waals surface area contributed by atoms with Gasteiger partial charge in [-0.1, -0.05) is 40.5 Å². The minimum absolute atomic E-state index is 0.0768. The first-order chi connectivity index (χ1) is 10.9. The first-order valence-corrected chi connectivity index (χ1v) is 9.54. The van der Waals surface area contributed by atoms with E-state index in [2.05, 4.69) is 19.2 Å². The molecule has 4 heteroatoms. The van der Waals surface area contributed by atoms with E-state index in [1.165, 1.54) is 12.8 Å². The molecule has 1 saturated heterocycles. The van der Waals surface area contributed by atoms with Crippen molar-refractivity contribution in [3.8, 4) is 0 Å². The van der Waals surface area contributed by atoms with Crippen LogP contribution < -0.4 is 5.32 Å². The standard InChI is InChI=1S/C19H34N2O2/c1-5-19(6-2,18(23)20-16-9-7-8-10-16)21-13-15(11-14(3)4)12-17(21)22/h14-16H,5-13H2,1-4H3,(H,20,23). The molecule has 4 nitrogen and oxygen atoms in total. The predicted molar refractivity (Wildman–Crippen MR) is 93.0 cm³/mol. The zero-order valence-electron chi connectivity index (χ0n) is 15.4. The molecule has 132 valence electrons. The number of likely N-dealkylation sites (tertiary alicyclic amines) is 1. The second-order valence-electron chi connectivity index (χ2n) is 7.90. The molecule has 2 rings (SSSR count). The van der Waals surface area contributed by atoms with E-state index in [1.54, 1.807) is 0 Å². The Balaban J connectivity index is 2.12. The van der Waals surface area contributed by atoms with E-state index in [0.29, 0.717) is 37.1 Å². The SMILES string of the molecule is CCC(CC)(C(=O)NC1CCCC1)N1CC(CC(C)C)CC1=O. The average Bonchev–Trinajstić information content (AvgIpc) is 3.11. The fourth-order valence-electron chi connectivity index (χ4n) is 4.48. The lowest BCUT2D eigenvalue weighted by Crippen LogP contribution is -2.60. The Morgan fingerprint density at radius 3 is 2.39 bits per heavy atom. The molecule has 2 amide bonds. The summed E-state index contributed by atoms with van der Waals surface area (Å²) in [6, 6.07) is 0.309. The first kappa shape index (κ1) is 18.3. The Kier molecular flexibility index (Phi) is 6.10. The van der Waals surface area contributed by atoms with E-state index in [9.17, 15) is 9.59 Å². The highest BCUT2D eigenvalue weighted by atomic mass is 16.2. The van der Waals surface area contributed by atoms with Crippen molar-refractivity contribution in [2.45, 2.75) is 90.6 Å². The lowest BCUT2D eigenvalue weighted by atomic mass is 9.88. The fraction of sp³-hybridized carbons (Fsp3) is 0.895. The second-order valence-corrected chi connectivity index (χ2v) is 7.90. The summed E-state index contributed by atoms with van der Waals surface area (Å²) in [5, 5.41) is 3.24. The van der Waals surface area contributed by atoms with E-state index < -0.39 is 5.54 Å². The summed E-state index contributed by atoms with van der Waals surface area (Å²) in [4.78, 5) is 27.6. The van der Waals surface area contributed by atoms with Crippen molar-refractivity contribution in [1.29, 1.82) is 0 Å². The third kappa shape index (κ3) is 3.89. The molecule has 0 spiro atoms. The number of hydrogen-bond donors (Lipinski definition) is 1. The lowest BCUT2D eigenvalue weighted by molar-refractivity contribution is -0.145. The molecule has 1 N–H and O–H groups in total. The van der Waals surface area contributed by atoms with Crippen LogP contribution in [-0.2, 0) is 9.59 Å². The van der Waals surface area contributed by atoms with Crippen molar-refractivity contribution in [3.05, 3.63) is 0 Å². The van der Waals surface area contributed by atoms with Crippen molar-refractivity contribution in [2.75, 3.05) is 6.54 Å². The zero-order valence-corrected chi connectivity index (χ0v) is 15.4. The van der Waals surface area contributed by atoms with Gasteiger partial charge in [-0.15, -0.1) is 0 Å². The fourth-order valence-corrected chi connectivity index (χ4v) is 4.48. The van der Waals surface area contributed by atoms with Crippen LogP contribution in [0.1, 0.15) is 79.1 Å². The highest BCUT2D eigenvalue weighted by molar-refractivity contribution is 5.92. The number of carbonyl (C=O) groups excluding carboxylic acids is 2. The van der Waals surface area contributed by atoms with Crippen molar-refractivity contribution < 1.29 is 9.59 Å². The molecule has 0 aromatic carbocycles. The number of carbonyl (C=O) groups is 2. The van der Waals surface area contributed by atoms with Gasteiger partial charge in [-0.2, -0.15) is 0 Å². The third-order valence-electron chi connectivity index (χ3n) is 5.81. The molecule has 23 heavy (non-hydrogen) atoms. The van der Waals surface area contributed by atoms with Crippen LogP contribution in [0.2, 0.25) is 0 Å². The highest BCUT2D eigenvalue weighted by Crippen LogP contribution is 2.34. The van der Waals surface area contributed by atoms with Crippen molar-refractivity contribution in [3.63, 3.8) is 0 Å². The number of nitrogens with zero attached hydrogens (tertiary/aromatic N) is 1. The molecule has 0 aromatic rings. The Labute approximate surface area is 141 Å².